The van der Waals surface area contributed by atoms with Crippen molar-refractivity contribution in [1.29, 1.82) is 0 Å². The Morgan fingerprint density at radius 1 is 1.00 bits per heavy atom. The van der Waals surface area contributed by atoms with Gasteiger partial charge in [0.1, 0.15) is 5.54 Å². The minimum atomic E-state index is -1.08. The Morgan fingerprint density at radius 2 is 1.55 bits per heavy atom. The molecule has 1 atom stereocenters. The fraction of sp³-hybridized carbons (Fsp3) is 0.450. The molecule has 1 aromatic rings. The van der Waals surface area contributed by atoms with Gasteiger partial charge in [-0.1, -0.05) is 6.92 Å². The molecule has 11 heteroatoms. The van der Waals surface area contributed by atoms with E-state index in [1.807, 2.05) is 0 Å². The van der Waals surface area contributed by atoms with Crippen LogP contribution in [0.25, 0.3) is 0 Å². The van der Waals surface area contributed by atoms with Crippen LogP contribution in [0.1, 0.15) is 54.8 Å². The number of benzene rings is 1. The molecule has 4 amide bonds. The van der Waals surface area contributed by atoms with E-state index in [1.54, 1.807) is 27.7 Å². The fourth-order valence-electron chi connectivity index (χ4n) is 2.77. The first-order chi connectivity index (χ1) is 14.6. The molecule has 0 aromatic heterocycles. The Labute approximate surface area is 179 Å². The number of hydrogen-bond acceptors (Lipinski definition) is 8. The lowest BCUT2D eigenvalue weighted by molar-refractivity contribution is -0.138. The zero-order chi connectivity index (χ0) is 23.2. The van der Waals surface area contributed by atoms with Crippen LogP contribution in [0, 0.1) is 0 Å². The number of carbonyl (C=O) groups excluding carboxylic acids is 5. The number of anilines is 1. The minimum absolute atomic E-state index is 0.100. The van der Waals surface area contributed by atoms with Crippen molar-refractivity contribution in [1.82, 2.24) is 15.8 Å². The topological polar surface area (TPSA) is 143 Å². The number of esters is 2. The molecule has 0 bridgehead atoms. The molecule has 1 aliphatic rings. The third-order valence-electron chi connectivity index (χ3n) is 4.61. The van der Waals surface area contributed by atoms with Crippen LogP contribution >= 0.6 is 0 Å². The lowest BCUT2D eigenvalue weighted by Crippen LogP contribution is -2.50. The van der Waals surface area contributed by atoms with E-state index in [2.05, 4.69) is 16.1 Å². The largest absolute Gasteiger partial charge is 0.462 e. The molecule has 11 nitrogen and oxygen atoms in total. The summed E-state index contributed by atoms with van der Waals surface area (Å²) in [5.41, 5.74) is 1.63. The van der Waals surface area contributed by atoms with Gasteiger partial charge in [-0.15, -0.1) is 0 Å². The van der Waals surface area contributed by atoms with Gasteiger partial charge in [-0.3, -0.25) is 15.0 Å². The fourth-order valence-corrected chi connectivity index (χ4v) is 2.77. The van der Waals surface area contributed by atoms with E-state index < -0.39 is 35.3 Å². The third-order valence-corrected chi connectivity index (χ3v) is 4.61. The number of ether oxygens (including phenoxy) is 2. The van der Waals surface area contributed by atoms with Crippen LogP contribution in [-0.2, 0) is 19.1 Å². The van der Waals surface area contributed by atoms with Crippen molar-refractivity contribution in [3.63, 3.8) is 0 Å². The zero-order valence-electron chi connectivity index (χ0n) is 17.9. The van der Waals surface area contributed by atoms with E-state index >= 15 is 0 Å². The van der Waals surface area contributed by atoms with Crippen LogP contribution in [0.5, 0.6) is 0 Å². The number of carbonyl (C=O) groups is 5. The summed E-state index contributed by atoms with van der Waals surface area (Å²) in [5.74, 6) is -2.52. The van der Waals surface area contributed by atoms with Gasteiger partial charge in [0.05, 0.1) is 30.9 Å². The highest BCUT2D eigenvalue weighted by Gasteiger charge is 2.47. The van der Waals surface area contributed by atoms with Gasteiger partial charge in [0.15, 0.2) is 0 Å². The second-order valence-electron chi connectivity index (χ2n) is 6.88. The highest BCUT2D eigenvalue weighted by atomic mass is 16.5. The Kier molecular flexibility index (Phi) is 7.56. The zero-order valence-corrected chi connectivity index (χ0v) is 17.9. The number of nitrogens with zero attached hydrogens (tertiary/aromatic N) is 1. The molecule has 1 heterocycles. The molecule has 0 spiro atoms. The van der Waals surface area contributed by atoms with Gasteiger partial charge in [0.2, 0.25) is 0 Å². The van der Waals surface area contributed by atoms with Crippen LogP contribution in [-0.4, -0.2) is 60.1 Å². The van der Waals surface area contributed by atoms with Crippen molar-refractivity contribution in [3.8, 4) is 0 Å². The lowest BCUT2D eigenvalue weighted by Gasteiger charge is -2.19. The van der Waals surface area contributed by atoms with Crippen molar-refractivity contribution in [2.24, 2.45) is 0 Å². The number of imide groups is 1. The second kappa shape index (κ2) is 9.92. The smallest absolute Gasteiger partial charge is 0.344 e. The maximum absolute atomic E-state index is 12.3. The predicted octanol–water partition coefficient (Wildman–Crippen LogP) is 1.20. The minimum Gasteiger partial charge on any atom is -0.462 e. The van der Waals surface area contributed by atoms with Crippen molar-refractivity contribution in [2.45, 2.75) is 39.7 Å². The highest BCUT2D eigenvalue weighted by Crippen LogP contribution is 2.20. The molecule has 1 aromatic carbocycles. The first-order valence-corrected chi connectivity index (χ1v) is 9.84. The number of urea groups is 1. The van der Waals surface area contributed by atoms with E-state index in [0.717, 1.165) is 0 Å². The van der Waals surface area contributed by atoms with Gasteiger partial charge in [-0.2, -0.15) is 5.01 Å². The molecule has 0 radical (unpaired) electrons. The summed E-state index contributed by atoms with van der Waals surface area (Å²) in [6.45, 7) is 6.56. The standard InChI is InChI=1S/C20H26N4O7/c1-5-20(4)18(28)24(19(29)22-20)23-15(25)11-21-14-9-12(16(26)30-6-2)8-13(10-14)17(27)31-7-3/h8-10,21H,5-7,11H2,1-4H3,(H,22,29)(H,23,25). The summed E-state index contributed by atoms with van der Waals surface area (Å²) in [6.07, 6.45) is 0.361. The van der Waals surface area contributed by atoms with E-state index in [0.29, 0.717) is 11.4 Å². The van der Waals surface area contributed by atoms with Gasteiger partial charge in [-0.05, 0) is 45.4 Å². The normalized spacial score (nSPS) is 17.7. The average molecular weight is 434 g/mol. The molecule has 31 heavy (non-hydrogen) atoms. The molecule has 2 rings (SSSR count). The average Bonchev–Trinajstić information content (AvgIpc) is 2.96. The van der Waals surface area contributed by atoms with Crippen LogP contribution in [0.3, 0.4) is 0 Å². The monoisotopic (exact) mass is 434 g/mol. The molecule has 1 unspecified atom stereocenters. The Hall–Kier alpha value is -3.63. The highest BCUT2D eigenvalue weighted by molar-refractivity contribution is 6.07. The molecule has 0 aliphatic carbocycles. The van der Waals surface area contributed by atoms with Crippen molar-refractivity contribution < 1.29 is 33.4 Å². The Bertz CT molecular complexity index is 865. The van der Waals surface area contributed by atoms with Crippen molar-refractivity contribution in [2.75, 3.05) is 25.1 Å². The van der Waals surface area contributed by atoms with E-state index in [1.165, 1.54) is 18.2 Å². The first kappa shape index (κ1) is 23.6. The maximum atomic E-state index is 12.3. The molecular weight excluding hydrogens is 408 g/mol. The van der Waals surface area contributed by atoms with E-state index in [-0.39, 0.29) is 36.6 Å². The van der Waals surface area contributed by atoms with Crippen molar-refractivity contribution in [3.05, 3.63) is 29.3 Å². The van der Waals surface area contributed by atoms with Gasteiger partial charge in [-0.25, -0.2) is 14.4 Å². The van der Waals surface area contributed by atoms with E-state index in [9.17, 15) is 24.0 Å². The van der Waals surface area contributed by atoms with Crippen LogP contribution in [0.2, 0.25) is 0 Å². The Morgan fingerprint density at radius 3 is 2.00 bits per heavy atom. The van der Waals surface area contributed by atoms with Crippen LogP contribution in [0.15, 0.2) is 18.2 Å². The second-order valence-corrected chi connectivity index (χ2v) is 6.88. The summed E-state index contributed by atoms with van der Waals surface area (Å²) in [7, 11) is 0. The number of hydrazine groups is 1. The molecule has 0 saturated carbocycles. The predicted molar refractivity (Wildman–Crippen MR) is 109 cm³/mol. The maximum Gasteiger partial charge on any atom is 0.344 e. The number of amides is 4. The lowest BCUT2D eigenvalue weighted by atomic mass is 10.00. The SMILES string of the molecule is CCOC(=O)c1cc(NCC(=O)NN2C(=O)NC(C)(CC)C2=O)cc(C(=O)OCC)c1. The molecule has 1 saturated heterocycles. The van der Waals surface area contributed by atoms with Crippen LogP contribution in [0.4, 0.5) is 10.5 Å². The molecular formula is C20H26N4O7. The third kappa shape index (κ3) is 5.50. The summed E-state index contributed by atoms with van der Waals surface area (Å²) < 4.78 is 9.92. The number of hydrogen-bond donors (Lipinski definition) is 3. The van der Waals surface area contributed by atoms with Crippen LogP contribution < -0.4 is 16.1 Å². The van der Waals surface area contributed by atoms with Gasteiger partial charge in [0, 0.05) is 5.69 Å². The quantitative estimate of drug-likeness (QED) is 0.389. The molecule has 3 N–H and O–H groups in total. The molecule has 168 valence electrons. The van der Waals surface area contributed by atoms with Gasteiger partial charge in [0.25, 0.3) is 11.8 Å². The number of nitrogens with one attached hydrogen (secondary N) is 3. The van der Waals surface area contributed by atoms with Gasteiger partial charge >= 0.3 is 18.0 Å². The molecule has 1 aliphatic heterocycles. The first-order valence-electron chi connectivity index (χ1n) is 9.84. The summed E-state index contributed by atoms with van der Waals surface area (Å²) in [5, 5.41) is 5.91. The van der Waals surface area contributed by atoms with Gasteiger partial charge < -0.3 is 20.1 Å². The van der Waals surface area contributed by atoms with E-state index in [4.69, 9.17) is 9.47 Å². The number of rotatable bonds is 9. The Balaban J connectivity index is 2.12. The van der Waals surface area contributed by atoms with Crippen molar-refractivity contribution >= 4 is 35.5 Å². The summed E-state index contributed by atoms with van der Waals surface area (Å²) >= 11 is 0. The molecule has 1 fully saturated rings. The summed E-state index contributed by atoms with van der Waals surface area (Å²) in [6, 6.07) is 3.43. The summed E-state index contributed by atoms with van der Waals surface area (Å²) in [4.78, 5) is 60.8.